The summed E-state index contributed by atoms with van der Waals surface area (Å²) >= 11 is 0. The van der Waals surface area contributed by atoms with Crippen molar-refractivity contribution in [2.24, 2.45) is 0 Å². The van der Waals surface area contributed by atoms with Crippen LogP contribution in [-0.4, -0.2) is 48.2 Å². The van der Waals surface area contributed by atoms with Crippen molar-refractivity contribution in [3.63, 3.8) is 0 Å². The van der Waals surface area contributed by atoms with Crippen LogP contribution in [0.5, 0.6) is 0 Å². The first-order valence-electron chi connectivity index (χ1n) is 5.75. The third-order valence-corrected chi connectivity index (χ3v) is 2.86. The van der Waals surface area contributed by atoms with Crippen molar-refractivity contribution in [1.29, 1.82) is 0 Å². The first kappa shape index (κ1) is 14.0. The Kier molecular flexibility index (Phi) is 3.81. The minimum Gasteiger partial charge on any atom is -0.444 e. The molecule has 1 aliphatic heterocycles. The van der Waals surface area contributed by atoms with Crippen LogP contribution in [0.4, 0.5) is 4.79 Å². The second kappa shape index (κ2) is 4.64. The van der Waals surface area contributed by atoms with Crippen molar-refractivity contribution in [1.82, 2.24) is 4.90 Å². The Hall–Kier alpha value is -1.10. The van der Waals surface area contributed by atoms with E-state index in [9.17, 15) is 9.59 Å². The van der Waals surface area contributed by atoms with Gasteiger partial charge in [-0.25, -0.2) is 4.79 Å². The van der Waals surface area contributed by atoms with E-state index in [0.29, 0.717) is 13.0 Å². The molecule has 0 radical (unpaired) electrons. The number of ketones is 1. The van der Waals surface area contributed by atoms with Crippen LogP contribution in [0.3, 0.4) is 0 Å². The number of carbonyl (C=O) groups excluding carboxylic acids is 2. The summed E-state index contributed by atoms with van der Waals surface area (Å²) in [6.07, 6.45) is -0.164. The molecule has 1 heterocycles. The lowest BCUT2D eigenvalue weighted by atomic mass is 9.92. The highest BCUT2D eigenvalue weighted by atomic mass is 16.6. The second-order valence-electron chi connectivity index (χ2n) is 5.54. The number of carbonyl (C=O) groups is 2. The molecule has 1 atom stereocenters. The lowest BCUT2D eigenvalue weighted by molar-refractivity contribution is -0.140. The lowest BCUT2D eigenvalue weighted by Crippen LogP contribution is -2.59. The zero-order chi connectivity index (χ0) is 13.3. The third-order valence-electron chi connectivity index (χ3n) is 2.86. The standard InChI is InChI=1S/C12H21NO4/c1-11(2,3)17-10(15)13(5)12(4)8-16-7-6-9(12)14/h6-8H2,1-5H3. The maximum Gasteiger partial charge on any atom is 0.410 e. The summed E-state index contributed by atoms with van der Waals surface area (Å²) in [7, 11) is 1.57. The van der Waals surface area contributed by atoms with Crippen LogP contribution in [0.15, 0.2) is 0 Å². The van der Waals surface area contributed by atoms with E-state index in [1.54, 1.807) is 34.7 Å². The van der Waals surface area contributed by atoms with Gasteiger partial charge in [-0.15, -0.1) is 0 Å². The Balaban J connectivity index is 2.77. The summed E-state index contributed by atoms with van der Waals surface area (Å²) in [4.78, 5) is 25.1. The molecule has 17 heavy (non-hydrogen) atoms. The highest BCUT2D eigenvalue weighted by Crippen LogP contribution is 2.23. The van der Waals surface area contributed by atoms with Crippen LogP contribution in [0, 0.1) is 0 Å². The van der Waals surface area contributed by atoms with Gasteiger partial charge >= 0.3 is 6.09 Å². The molecule has 0 aromatic rings. The monoisotopic (exact) mass is 243 g/mol. The van der Waals surface area contributed by atoms with Crippen molar-refractivity contribution in [2.45, 2.75) is 45.3 Å². The molecule has 0 aliphatic carbocycles. The average Bonchev–Trinajstić information content (AvgIpc) is 2.19. The van der Waals surface area contributed by atoms with Crippen LogP contribution in [-0.2, 0) is 14.3 Å². The molecule has 0 aromatic heterocycles. The zero-order valence-corrected chi connectivity index (χ0v) is 11.2. The molecule has 1 unspecified atom stereocenters. The summed E-state index contributed by atoms with van der Waals surface area (Å²) in [5.74, 6) is 0.0112. The molecular weight excluding hydrogens is 222 g/mol. The highest BCUT2D eigenvalue weighted by molar-refractivity contribution is 5.92. The lowest BCUT2D eigenvalue weighted by Gasteiger charge is -2.40. The molecule has 0 spiro atoms. The molecule has 5 nitrogen and oxygen atoms in total. The molecule has 0 bridgehead atoms. The van der Waals surface area contributed by atoms with Crippen LogP contribution >= 0.6 is 0 Å². The summed E-state index contributed by atoms with van der Waals surface area (Å²) in [6, 6.07) is 0. The van der Waals surface area contributed by atoms with Gasteiger partial charge in [-0.2, -0.15) is 0 Å². The van der Waals surface area contributed by atoms with Gasteiger partial charge in [-0.1, -0.05) is 0 Å². The van der Waals surface area contributed by atoms with E-state index < -0.39 is 17.2 Å². The SMILES string of the molecule is CN(C(=O)OC(C)(C)C)C1(C)COCCC1=O. The topological polar surface area (TPSA) is 55.8 Å². The molecule has 5 heteroatoms. The largest absolute Gasteiger partial charge is 0.444 e. The van der Waals surface area contributed by atoms with Gasteiger partial charge in [0.1, 0.15) is 11.1 Å². The molecular formula is C12H21NO4. The molecule has 1 amide bonds. The molecule has 1 aliphatic rings. The number of rotatable bonds is 1. The first-order chi connectivity index (χ1) is 7.67. The minimum absolute atomic E-state index is 0.0112. The van der Waals surface area contributed by atoms with E-state index in [-0.39, 0.29) is 12.4 Å². The Morgan fingerprint density at radius 3 is 2.53 bits per heavy atom. The van der Waals surface area contributed by atoms with Gasteiger partial charge in [0, 0.05) is 13.5 Å². The van der Waals surface area contributed by atoms with E-state index in [2.05, 4.69) is 0 Å². The fraction of sp³-hybridized carbons (Fsp3) is 0.833. The van der Waals surface area contributed by atoms with Crippen molar-refractivity contribution in [3.8, 4) is 0 Å². The summed E-state index contributed by atoms with van der Waals surface area (Å²) in [5, 5.41) is 0. The Labute approximate surface area is 102 Å². The number of likely N-dealkylation sites (N-methyl/N-ethyl adjacent to an activating group) is 1. The van der Waals surface area contributed by atoms with Crippen molar-refractivity contribution in [3.05, 3.63) is 0 Å². The Morgan fingerprint density at radius 1 is 1.47 bits per heavy atom. The van der Waals surface area contributed by atoms with E-state index in [1.165, 1.54) is 4.90 Å². The molecule has 1 fully saturated rings. The smallest absolute Gasteiger partial charge is 0.410 e. The van der Waals surface area contributed by atoms with Crippen LogP contribution < -0.4 is 0 Å². The zero-order valence-electron chi connectivity index (χ0n) is 11.2. The number of ether oxygens (including phenoxy) is 2. The van der Waals surface area contributed by atoms with Gasteiger partial charge in [-0.3, -0.25) is 9.69 Å². The number of amides is 1. The fourth-order valence-corrected chi connectivity index (χ4v) is 1.60. The number of hydrogen-bond acceptors (Lipinski definition) is 4. The average molecular weight is 243 g/mol. The maximum absolute atomic E-state index is 11.9. The third kappa shape index (κ3) is 3.19. The van der Waals surface area contributed by atoms with Crippen molar-refractivity contribution < 1.29 is 19.1 Å². The van der Waals surface area contributed by atoms with E-state index in [1.807, 2.05) is 0 Å². The molecule has 1 saturated heterocycles. The first-order valence-corrected chi connectivity index (χ1v) is 5.75. The van der Waals surface area contributed by atoms with E-state index in [4.69, 9.17) is 9.47 Å². The molecule has 98 valence electrons. The molecule has 0 saturated carbocycles. The summed E-state index contributed by atoms with van der Waals surface area (Å²) in [6.45, 7) is 7.73. The minimum atomic E-state index is -0.916. The maximum atomic E-state index is 11.9. The molecule has 1 rings (SSSR count). The van der Waals surface area contributed by atoms with Crippen LogP contribution in [0.1, 0.15) is 34.1 Å². The normalized spacial score (nSPS) is 25.6. The van der Waals surface area contributed by atoms with Crippen LogP contribution in [0.2, 0.25) is 0 Å². The summed E-state index contributed by atoms with van der Waals surface area (Å²) < 4.78 is 10.5. The molecule has 0 N–H and O–H groups in total. The second-order valence-corrected chi connectivity index (χ2v) is 5.54. The molecule has 0 aromatic carbocycles. The van der Waals surface area contributed by atoms with Gasteiger partial charge in [0.15, 0.2) is 5.78 Å². The van der Waals surface area contributed by atoms with Crippen molar-refractivity contribution >= 4 is 11.9 Å². The number of nitrogens with zero attached hydrogens (tertiary/aromatic N) is 1. The van der Waals surface area contributed by atoms with Gasteiger partial charge in [-0.05, 0) is 27.7 Å². The van der Waals surface area contributed by atoms with E-state index >= 15 is 0 Å². The predicted octanol–water partition coefficient (Wildman–Crippen LogP) is 1.60. The summed E-state index contributed by atoms with van der Waals surface area (Å²) in [5.41, 5.74) is -1.49. The van der Waals surface area contributed by atoms with Gasteiger partial charge < -0.3 is 9.47 Å². The number of Topliss-reactive ketones (excluding diaryl/α,β-unsaturated/α-hetero) is 1. The quantitative estimate of drug-likeness (QED) is 0.702. The van der Waals surface area contributed by atoms with Gasteiger partial charge in [0.25, 0.3) is 0 Å². The number of hydrogen-bond donors (Lipinski definition) is 0. The Bertz CT molecular complexity index is 321. The fourth-order valence-electron chi connectivity index (χ4n) is 1.60. The van der Waals surface area contributed by atoms with Crippen LogP contribution in [0.25, 0.3) is 0 Å². The van der Waals surface area contributed by atoms with E-state index in [0.717, 1.165) is 0 Å². The van der Waals surface area contributed by atoms with Gasteiger partial charge in [0.2, 0.25) is 0 Å². The highest BCUT2D eigenvalue weighted by Gasteiger charge is 2.43. The predicted molar refractivity (Wildman–Crippen MR) is 62.8 cm³/mol. The van der Waals surface area contributed by atoms with Gasteiger partial charge in [0.05, 0.1) is 13.2 Å². The van der Waals surface area contributed by atoms with Crippen molar-refractivity contribution in [2.75, 3.05) is 20.3 Å². The Morgan fingerprint density at radius 2 is 2.06 bits per heavy atom.